The molecule has 14 heavy (non-hydrogen) atoms. The van der Waals surface area contributed by atoms with E-state index in [9.17, 15) is 0 Å². The van der Waals surface area contributed by atoms with Gasteiger partial charge in [0.2, 0.25) is 0 Å². The number of allylic oxidation sites excluding steroid dienone is 2. The average molecular weight is 293 g/mol. The molecule has 0 aliphatic heterocycles. The first-order chi connectivity index (χ1) is 6.81. The highest BCUT2D eigenvalue weighted by atomic mass is 127. The Balaban J connectivity index is 2.27. The van der Waals surface area contributed by atoms with Gasteiger partial charge < -0.3 is 0 Å². The fourth-order valence-corrected chi connectivity index (χ4v) is 3.64. The molecule has 1 aromatic carbocycles. The Morgan fingerprint density at radius 3 is 3.07 bits per heavy atom. The number of benzene rings is 1. The summed E-state index contributed by atoms with van der Waals surface area (Å²) in [5.74, 6) is 1.10. The standard InChI is InChI=1S/C12H8IN/c13-11-5-8-4-10(11)9-3-1-2-7(6-14)12(8)9/h1-3,5,8,10H,4H2/t8-,10+/m1/s1. The molecular weight excluding hydrogens is 285 g/mol. The van der Waals surface area contributed by atoms with Crippen LogP contribution in [-0.2, 0) is 0 Å². The van der Waals surface area contributed by atoms with Crippen LogP contribution in [-0.4, -0.2) is 0 Å². The minimum absolute atomic E-state index is 0.512. The zero-order valence-electron chi connectivity index (χ0n) is 7.50. The van der Waals surface area contributed by atoms with E-state index in [1.54, 1.807) is 0 Å². The summed E-state index contributed by atoms with van der Waals surface area (Å²) in [7, 11) is 0. The molecule has 1 aromatic rings. The van der Waals surface area contributed by atoms with Crippen molar-refractivity contribution in [2.45, 2.75) is 18.3 Å². The highest BCUT2D eigenvalue weighted by Crippen LogP contribution is 2.54. The quantitative estimate of drug-likeness (QED) is 0.672. The zero-order valence-corrected chi connectivity index (χ0v) is 9.65. The van der Waals surface area contributed by atoms with Crippen molar-refractivity contribution in [2.75, 3.05) is 0 Å². The maximum Gasteiger partial charge on any atom is 0.0994 e. The Labute approximate surface area is 96.6 Å². The highest BCUT2D eigenvalue weighted by molar-refractivity contribution is 14.1. The van der Waals surface area contributed by atoms with Gasteiger partial charge in [-0.2, -0.15) is 5.26 Å². The van der Waals surface area contributed by atoms with Crippen LogP contribution in [0.25, 0.3) is 0 Å². The fourth-order valence-electron chi connectivity index (χ4n) is 2.62. The number of rotatable bonds is 0. The third-order valence-electron chi connectivity index (χ3n) is 3.19. The third-order valence-corrected chi connectivity index (χ3v) is 4.30. The molecule has 0 aromatic heterocycles. The van der Waals surface area contributed by atoms with E-state index >= 15 is 0 Å². The van der Waals surface area contributed by atoms with Gasteiger partial charge in [-0.1, -0.05) is 18.2 Å². The Bertz CT molecular complexity index is 482. The molecule has 2 heteroatoms. The summed E-state index contributed by atoms with van der Waals surface area (Å²) in [6, 6.07) is 8.40. The van der Waals surface area contributed by atoms with E-state index < -0.39 is 0 Å². The number of fused-ring (bicyclic) bond motifs is 5. The molecule has 0 heterocycles. The highest BCUT2D eigenvalue weighted by Gasteiger charge is 2.38. The SMILES string of the molecule is N#Cc1cccc2c1[C@H]1C=C(I)[C@H]2C1. The Morgan fingerprint density at radius 1 is 1.43 bits per heavy atom. The first-order valence-electron chi connectivity index (χ1n) is 4.71. The van der Waals surface area contributed by atoms with E-state index in [4.69, 9.17) is 5.26 Å². The van der Waals surface area contributed by atoms with Crippen LogP contribution < -0.4 is 0 Å². The molecular formula is C12H8IN. The average Bonchev–Trinajstić information content (AvgIpc) is 2.74. The molecule has 3 rings (SSSR count). The Morgan fingerprint density at radius 2 is 2.29 bits per heavy atom. The van der Waals surface area contributed by atoms with Crippen LogP contribution in [0.2, 0.25) is 0 Å². The summed E-state index contributed by atoms with van der Waals surface area (Å²) < 4.78 is 1.45. The van der Waals surface area contributed by atoms with Crippen molar-refractivity contribution in [1.82, 2.24) is 0 Å². The summed E-state index contributed by atoms with van der Waals surface area (Å²) in [4.78, 5) is 0. The second kappa shape index (κ2) is 2.83. The van der Waals surface area contributed by atoms with E-state index in [0.29, 0.717) is 11.8 Å². The Kier molecular flexibility index (Phi) is 1.72. The van der Waals surface area contributed by atoms with Gasteiger partial charge in [-0.3, -0.25) is 0 Å². The van der Waals surface area contributed by atoms with Gasteiger partial charge in [0.15, 0.2) is 0 Å². The van der Waals surface area contributed by atoms with E-state index in [0.717, 1.165) is 5.56 Å². The van der Waals surface area contributed by atoms with Crippen molar-refractivity contribution in [2.24, 2.45) is 0 Å². The lowest BCUT2D eigenvalue weighted by molar-refractivity contribution is 0.802. The minimum Gasteiger partial charge on any atom is -0.192 e. The maximum absolute atomic E-state index is 9.02. The topological polar surface area (TPSA) is 23.8 Å². The molecule has 0 saturated carbocycles. The molecule has 0 amide bonds. The van der Waals surface area contributed by atoms with Crippen molar-refractivity contribution in [3.8, 4) is 6.07 Å². The molecule has 0 N–H and O–H groups in total. The van der Waals surface area contributed by atoms with Gasteiger partial charge in [0.05, 0.1) is 11.6 Å². The van der Waals surface area contributed by atoms with Gasteiger partial charge >= 0.3 is 0 Å². The lowest BCUT2D eigenvalue weighted by atomic mass is 9.93. The van der Waals surface area contributed by atoms with Crippen molar-refractivity contribution in [3.63, 3.8) is 0 Å². The van der Waals surface area contributed by atoms with Gasteiger partial charge in [-0.15, -0.1) is 0 Å². The Hall–Kier alpha value is -0.820. The molecule has 68 valence electrons. The molecule has 2 aliphatic carbocycles. The van der Waals surface area contributed by atoms with E-state index in [-0.39, 0.29) is 0 Å². The maximum atomic E-state index is 9.02. The van der Waals surface area contributed by atoms with E-state index in [2.05, 4.69) is 40.8 Å². The van der Waals surface area contributed by atoms with Gasteiger partial charge in [0, 0.05) is 11.8 Å². The van der Waals surface area contributed by atoms with Crippen LogP contribution in [0, 0.1) is 11.3 Å². The molecule has 2 aliphatic rings. The van der Waals surface area contributed by atoms with Gasteiger partial charge in [0.25, 0.3) is 0 Å². The zero-order chi connectivity index (χ0) is 9.71. The lowest BCUT2D eigenvalue weighted by Crippen LogP contribution is -1.98. The number of nitrogens with zero attached hydrogens (tertiary/aromatic N) is 1. The summed E-state index contributed by atoms with van der Waals surface area (Å²) >= 11 is 2.42. The van der Waals surface area contributed by atoms with Gasteiger partial charge in [0.1, 0.15) is 0 Å². The predicted molar refractivity (Wildman–Crippen MR) is 63.4 cm³/mol. The molecule has 2 bridgehead atoms. The molecule has 0 fully saturated rings. The van der Waals surface area contributed by atoms with Crippen molar-refractivity contribution < 1.29 is 0 Å². The van der Waals surface area contributed by atoms with Crippen LogP contribution in [0.15, 0.2) is 27.9 Å². The largest absolute Gasteiger partial charge is 0.192 e. The predicted octanol–water partition coefficient (Wildman–Crippen LogP) is 3.46. The summed E-state index contributed by atoms with van der Waals surface area (Å²) in [5.41, 5.74) is 3.55. The monoisotopic (exact) mass is 293 g/mol. The normalized spacial score (nSPS) is 27.0. The fraction of sp³-hybridized carbons (Fsp3) is 0.250. The van der Waals surface area contributed by atoms with Crippen molar-refractivity contribution in [1.29, 1.82) is 5.26 Å². The molecule has 2 atom stereocenters. The van der Waals surface area contributed by atoms with E-state index in [1.165, 1.54) is 21.1 Å². The summed E-state index contributed by atoms with van der Waals surface area (Å²) in [6.45, 7) is 0. The molecule has 1 nitrogen and oxygen atoms in total. The number of halogens is 1. The third kappa shape index (κ3) is 0.936. The molecule has 0 spiro atoms. The summed E-state index contributed by atoms with van der Waals surface area (Å²) in [6.07, 6.45) is 3.50. The van der Waals surface area contributed by atoms with Crippen molar-refractivity contribution >= 4 is 22.6 Å². The van der Waals surface area contributed by atoms with Crippen LogP contribution in [0.3, 0.4) is 0 Å². The number of hydrogen-bond acceptors (Lipinski definition) is 1. The number of nitriles is 1. The molecule has 0 saturated heterocycles. The summed E-state index contributed by atoms with van der Waals surface area (Å²) in [5, 5.41) is 9.02. The molecule has 0 unspecified atom stereocenters. The van der Waals surface area contributed by atoms with Crippen LogP contribution in [0.1, 0.15) is 34.9 Å². The molecule has 0 radical (unpaired) electrons. The van der Waals surface area contributed by atoms with Crippen LogP contribution in [0.4, 0.5) is 0 Å². The van der Waals surface area contributed by atoms with Crippen LogP contribution >= 0.6 is 22.6 Å². The second-order valence-electron chi connectivity index (χ2n) is 3.87. The first kappa shape index (κ1) is 8.49. The van der Waals surface area contributed by atoms with Crippen molar-refractivity contribution in [3.05, 3.63) is 44.5 Å². The second-order valence-corrected chi connectivity index (χ2v) is 5.11. The minimum atomic E-state index is 0.512. The van der Waals surface area contributed by atoms with E-state index in [1.807, 2.05) is 12.1 Å². The first-order valence-corrected chi connectivity index (χ1v) is 5.79. The van der Waals surface area contributed by atoms with Gasteiger partial charge in [-0.25, -0.2) is 0 Å². The van der Waals surface area contributed by atoms with Crippen LogP contribution in [0.5, 0.6) is 0 Å². The smallest absolute Gasteiger partial charge is 0.0994 e. The van der Waals surface area contributed by atoms with Gasteiger partial charge in [-0.05, 0) is 49.8 Å². The number of hydrogen-bond donors (Lipinski definition) is 0. The lowest BCUT2D eigenvalue weighted by Gasteiger charge is -2.13.